The molecule has 0 atom stereocenters. The van der Waals surface area contributed by atoms with Crippen LogP contribution in [0.1, 0.15) is 33.7 Å². The predicted octanol–water partition coefficient (Wildman–Crippen LogP) is 26.6. The van der Waals surface area contributed by atoms with E-state index >= 15 is 0 Å². The van der Waals surface area contributed by atoms with Gasteiger partial charge in [0.25, 0.3) is 0 Å². The highest BCUT2D eigenvalue weighted by atomic mass is 15.3. The molecule has 0 radical (unpaired) electrons. The van der Waals surface area contributed by atoms with Gasteiger partial charge in [0.05, 0.1) is 62.2 Å². The van der Waals surface area contributed by atoms with E-state index in [1.165, 1.54) is 38.6 Å². The van der Waals surface area contributed by atoms with Gasteiger partial charge in [-0.2, -0.15) is 0 Å². The van der Waals surface area contributed by atoms with E-state index in [0.29, 0.717) is 0 Å². The van der Waals surface area contributed by atoms with E-state index in [1.807, 2.05) is 0 Å². The molecule has 0 bridgehead atoms. The van der Waals surface area contributed by atoms with Crippen molar-refractivity contribution in [1.82, 2.24) is 4.57 Å². The zero-order valence-corrected chi connectivity index (χ0v) is 55.9. The van der Waals surface area contributed by atoms with Gasteiger partial charge in [-0.25, -0.2) is 0 Å². The maximum Gasteiger partial charge on any atom is 0.0948 e. The van der Waals surface area contributed by atoms with E-state index in [4.69, 9.17) is 0 Å². The highest BCUT2D eigenvalue weighted by Gasteiger charge is 2.44. The van der Waals surface area contributed by atoms with Crippen molar-refractivity contribution in [3.05, 3.63) is 410 Å². The minimum atomic E-state index is -0.151. The molecule has 17 aromatic rings. The monoisotopic (exact) mass is 1300 g/mol. The minimum Gasteiger partial charge on any atom is -0.309 e. The van der Waals surface area contributed by atoms with E-state index in [2.05, 4.69) is 401 Å². The summed E-state index contributed by atoms with van der Waals surface area (Å²) < 4.78 is 2.49. The molecule has 2 aliphatic heterocycles. The Hall–Kier alpha value is -13.3. The fourth-order valence-corrected chi connectivity index (χ4v) is 16.8. The van der Waals surface area contributed by atoms with Crippen LogP contribution >= 0.6 is 0 Å². The van der Waals surface area contributed by atoms with Gasteiger partial charge in [-0.05, 0) is 169 Å². The number of benzene rings is 16. The summed E-state index contributed by atoms with van der Waals surface area (Å²) in [4.78, 5) is 8.01. The summed E-state index contributed by atoms with van der Waals surface area (Å²) in [5.41, 5.74) is 35.2. The van der Waals surface area contributed by atoms with Crippen molar-refractivity contribution < 1.29 is 0 Å². The van der Waals surface area contributed by atoms with Gasteiger partial charge in [0.2, 0.25) is 0 Å². The van der Waals surface area contributed by atoms with Crippen molar-refractivity contribution in [2.45, 2.75) is 12.3 Å². The second kappa shape index (κ2) is 24.3. The highest BCUT2D eigenvalue weighted by molar-refractivity contribution is 6.18. The Labute approximate surface area is 594 Å². The normalized spacial score (nSPS) is 12.8. The number of hydrogen-bond donors (Lipinski definition) is 0. The molecule has 4 heteroatoms. The average Bonchev–Trinajstić information content (AvgIpc) is 0.761. The SMILES string of the molecule is c1ccc(-c2cc(-c3ccccc3)c(N3c4cc(-n5c6ccccc6c6ccccc65)ccc4N4c5cc(-c6ccccc6)ccc5N(c5c(-c6ccccc6)cc(-c6ccccc6)cc5-c5ccccc5)c5cc(C6c7ccccc7Cc7ccccc76)cc3c54)c(-c3ccccc3)c2)cc1. The van der Waals surface area contributed by atoms with Crippen molar-refractivity contribution in [1.29, 1.82) is 0 Å². The third-order valence-electron chi connectivity index (χ3n) is 21.3. The molecule has 0 fully saturated rings. The molecule has 0 saturated carbocycles. The van der Waals surface area contributed by atoms with Crippen LogP contribution in [0.5, 0.6) is 0 Å². The van der Waals surface area contributed by atoms with E-state index in [9.17, 15) is 0 Å². The molecule has 1 aromatic heterocycles. The van der Waals surface area contributed by atoms with E-state index in [0.717, 1.165) is 152 Å². The Morgan fingerprint density at radius 3 is 0.980 bits per heavy atom. The smallest absolute Gasteiger partial charge is 0.0948 e. The Morgan fingerprint density at radius 1 is 0.216 bits per heavy atom. The summed E-state index contributed by atoms with van der Waals surface area (Å²) in [6.45, 7) is 0. The van der Waals surface area contributed by atoms with Crippen LogP contribution in [0, 0.1) is 0 Å². The number of nitrogens with zero attached hydrogens (tertiary/aromatic N) is 4. The Morgan fingerprint density at radius 2 is 0.549 bits per heavy atom. The number of para-hydroxylation sites is 2. The summed E-state index contributed by atoms with van der Waals surface area (Å²) in [6, 6.07) is 143. The Kier molecular flexibility index (Phi) is 14.0. The zero-order valence-electron chi connectivity index (χ0n) is 55.9. The lowest BCUT2D eigenvalue weighted by atomic mass is 9.74. The molecule has 102 heavy (non-hydrogen) atoms. The van der Waals surface area contributed by atoms with Gasteiger partial charge in [0.1, 0.15) is 0 Å². The minimum absolute atomic E-state index is 0.151. The first-order valence-electron chi connectivity index (χ1n) is 35.4. The van der Waals surface area contributed by atoms with Crippen molar-refractivity contribution in [2.24, 2.45) is 0 Å². The van der Waals surface area contributed by atoms with Gasteiger partial charge < -0.3 is 19.3 Å². The van der Waals surface area contributed by atoms with Crippen molar-refractivity contribution >= 4 is 73.0 Å². The van der Waals surface area contributed by atoms with E-state index in [1.54, 1.807) is 0 Å². The molecule has 16 aromatic carbocycles. The molecule has 0 amide bonds. The third-order valence-corrected chi connectivity index (χ3v) is 21.3. The summed E-state index contributed by atoms with van der Waals surface area (Å²) in [6.07, 6.45) is 0.853. The molecule has 3 aliphatic rings. The lowest BCUT2D eigenvalue weighted by Crippen LogP contribution is -2.32. The highest BCUT2D eigenvalue weighted by Crippen LogP contribution is 2.68. The Balaban J connectivity index is 0.993. The van der Waals surface area contributed by atoms with Crippen LogP contribution in [0.3, 0.4) is 0 Å². The van der Waals surface area contributed by atoms with Crippen LogP contribution in [0.4, 0.5) is 51.2 Å². The fraction of sp³-hybridized carbons (Fsp3) is 0.0204. The third kappa shape index (κ3) is 9.67. The second-order valence-corrected chi connectivity index (χ2v) is 27.1. The molecule has 1 aliphatic carbocycles. The first-order valence-corrected chi connectivity index (χ1v) is 35.4. The van der Waals surface area contributed by atoms with Gasteiger partial charge in [0.15, 0.2) is 0 Å². The molecule has 20 rings (SSSR count). The van der Waals surface area contributed by atoms with Crippen molar-refractivity contribution in [3.63, 3.8) is 0 Å². The Bertz CT molecular complexity index is 5870. The largest absolute Gasteiger partial charge is 0.309 e. The van der Waals surface area contributed by atoms with E-state index < -0.39 is 0 Å². The predicted molar refractivity (Wildman–Crippen MR) is 427 cm³/mol. The molecule has 0 N–H and O–H groups in total. The zero-order chi connectivity index (χ0) is 67.2. The molecule has 4 nitrogen and oxygen atoms in total. The molecular weight excluding hydrogens is 1230 g/mol. The van der Waals surface area contributed by atoms with Crippen LogP contribution in [-0.4, -0.2) is 4.57 Å². The number of rotatable bonds is 11. The molecular formula is C98H66N4. The first-order chi connectivity index (χ1) is 50.6. The van der Waals surface area contributed by atoms with Crippen LogP contribution in [-0.2, 0) is 6.42 Å². The topological polar surface area (TPSA) is 14.7 Å². The summed E-state index contributed by atoms with van der Waals surface area (Å²) in [7, 11) is 0. The summed E-state index contributed by atoms with van der Waals surface area (Å²) >= 11 is 0. The molecule has 0 spiro atoms. The molecule has 0 saturated heterocycles. The average molecular weight is 1300 g/mol. The number of hydrogen-bond acceptors (Lipinski definition) is 3. The van der Waals surface area contributed by atoms with Gasteiger partial charge in [-0.3, -0.25) is 0 Å². The van der Waals surface area contributed by atoms with Gasteiger partial charge in [-0.15, -0.1) is 0 Å². The lowest BCUT2D eigenvalue weighted by Gasteiger charge is -2.49. The number of aromatic nitrogens is 1. The maximum absolute atomic E-state index is 2.70. The van der Waals surface area contributed by atoms with Gasteiger partial charge in [0, 0.05) is 44.6 Å². The first kappa shape index (κ1) is 58.8. The van der Waals surface area contributed by atoms with E-state index in [-0.39, 0.29) is 5.92 Å². The van der Waals surface area contributed by atoms with Crippen LogP contribution < -0.4 is 14.7 Å². The van der Waals surface area contributed by atoms with Crippen molar-refractivity contribution in [3.8, 4) is 83.6 Å². The van der Waals surface area contributed by atoms with Crippen LogP contribution in [0.15, 0.2) is 382 Å². The molecule has 0 unspecified atom stereocenters. The molecule has 478 valence electrons. The quantitative estimate of drug-likeness (QED) is 0.128. The molecule has 3 heterocycles. The number of fused-ring (bicyclic) bond motifs is 9. The van der Waals surface area contributed by atoms with Crippen LogP contribution in [0.2, 0.25) is 0 Å². The summed E-state index contributed by atoms with van der Waals surface area (Å²) in [5.74, 6) is -0.151. The standard InChI is InChI=1S/C98H66N4/c1-8-30-65(31-9-1)72-52-54-89-91(61-72)100-90-55-53-78(99-87-50-28-26-48-81(87)82-49-27-29-51-88(82)99)64-92(90)102(97-85(70-40-18-6-19-41-70)59-76(67-34-12-3-13-35-67)60-86(97)71-42-20-7-21-43-71)94-63-77(95-79-46-24-22-44-73(79)56-74-45-23-25-47-80(74)95)62-93(98(94)100)101(89)96-83(68-36-14-4-15-37-68)57-75(66-32-10-2-11-33-66)58-84(96)69-38-16-5-17-39-69/h1-55,57-64,95H,56H2. The summed E-state index contributed by atoms with van der Waals surface area (Å²) in [5, 5.41) is 2.43. The maximum atomic E-state index is 2.70. The van der Waals surface area contributed by atoms with Crippen molar-refractivity contribution in [2.75, 3.05) is 14.7 Å². The second-order valence-electron chi connectivity index (χ2n) is 27.1. The van der Waals surface area contributed by atoms with Crippen LogP contribution in [0.25, 0.3) is 105 Å². The number of anilines is 9. The fourth-order valence-electron chi connectivity index (χ4n) is 16.8. The lowest BCUT2D eigenvalue weighted by molar-refractivity contribution is 0.884. The van der Waals surface area contributed by atoms with Gasteiger partial charge in [-0.1, -0.05) is 303 Å². The van der Waals surface area contributed by atoms with Gasteiger partial charge >= 0.3 is 0 Å².